The van der Waals surface area contributed by atoms with E-state index in [-0.39, 0.29) is 30.5 Å². The van der Waals surface area contributed by atoms with Crippen molar-refractivity contribution in [1.82, 2.24) is 64.1 Å². The minimum absolute atomic E-state index is 0. The van der Waals surface area contributed by atoms with Gasteiger partial charge < -0.3 is 56.8 Å². The molecule has 6 fully saturated rings. The predicted molar refractivity (Wildman–Crippen MR) is 555 cm³/mol. The van der Waals surface area contributed by atoms with E-state index in [9.17, 15) is 28.4 Å². The molecule has 3 saturated carbocycles. The van der Waals surface area contributed by atoms with Crippen molar-refractivity contribution in [2.24, 2.45) is 0 Å². The number of nitrogens with one attached hydrogen (secondary N) is 2. The van der Waals surface area contributed by atoms with Crippen LogP contribution in [0.3, 0.4) is 0 Å². The molecular weight excluding hydrogens is 1880 g/mol. The van der Waals surface area contributed by atoms with E-state index in [1.165, 1.54) is 102 Å². The number of nitrogens with two attached hydrogens (primary N) is 2. The van der Waals surface area contributed by atoms with Crippen LogP contribution >= 0.6 is 39.1 Å². The number of pyridine rings is 3. The van der Waals surface area contributed by atoms with Gasteiger partial charge in [-0.15, -0.1) is 0 Å². The van der Waals surface area contributed by atoms with Crippen molar-refractivity contribution >= 4 is 81.0 Å². The van der Waals surface area contributed by atoms with Gasteiger partial charge in [-0.3, -0.25) is 23.3 Å². The predicted octanol–water partition coefficient (Wildman–Crippen LogP) is 19.9. The molecule has 738 valence electrons. The van der Waals surface area contributed by atoms with E-state index in [1.807, 2.05) is 167 Å². The highest BCUT2D eigenvalue weighted by Gasteiger charge is 2.30. The number of aromatic nitrogens is 11. The lowest BCUT2D eigenvalue weighted by Gasteiger charge is -2.25. The molecule has 140 heavy (non-hydrogen) atoms. The van der Waals surface area contributed by atoms with Crippen LogP contribution in [0.2, 0.25) is 10.3 Å². The zero-order valence-electron chi connectivity index (χ0n) is 79.4. The van der Waals surface area contributed by atoms with Crippen LogP contribution in [0.1, 0.15) is 233 Å². The maximum atomic E-state index is 12.9. The number of halogens is 4. The number of rotatable bonds is 14. The Hall–Kier alpha value is -13.1. The molecule has 0 radical (unpaired) electrons. The number of carboxylic acids is 1. The topological polar surface area (TPSA) is 379 Å². The third kappa shape index (κ3) is 35.1. The Morgan fingerprint density at radius 1 is 0.507 bits per heavy atom. The summed E-state index contributed by atoms with van der Waals surface area (Å²) in [6, 6.07) is 81.5. The largest absolute Gasteiger partial charge is 0.488 e. The number of benzene rings is 7. The number of amides is 2. The molecule has 3 atom stereocenters. The number of carboxylic acid groups (broad SMARTS) is 1. The number of nitrogens with zero attached hydrogens (tertiary/aromatic N) is 11. The van der Waals surface area contributed by atoms with E-state index in [0.717, 1.165) is 148 Å². The van der Waals surface area contributed by atoms with Gasteiger partial charge in [-0.05, 0) is 169 Å². The van der Waals surface area contributed by atoms with E-state index in [4.69, 9.17) is 71.1 Å². The monoisotopic (exact) mass is 2010 g/mol. The molecule has 2 amide bonds. The van der Waals surface area contributed by atoms with Gasteiger partial charge in [0.05, 0.1) is 34.2 Å². The maximum Gasteiger partial charge on any atom is 0.488 e. The quantitative estimate of drug-likeness (QED) is 0.0217. The summed E-state index contributed by atoms with van der Waals surface area (Å²) in [5.74, 6) is 16.9. The number of hydrogen-bond acceptors (Lipinski definition) is 20. The van der Waals surface area contributed by atoms with Crippen molar-refractivity contribution in [1.29, 1.82) is 0 Å². The normalized spacial score (nSPS) is 16.0. The summed E-state index contributed by atoms with van der Waals surface area (Å²) in [4.78, 5) is 82.0. The summed E-state index contributed by atoms with van der Waals surface area (Å²) >= 11 is 14.5. The molecule has 4 aliphatic heterocycles. The number of carbonyl (C=O) groups is 4. The third-order valence-corrected chi connectivity index (χ3v) is 25.0. The number of aromatic carboxylic acids is 1. The number of nitrogen functional groups attached to an aromatic ring is 2. The lowest BCUT2D eigenvalue weighted by molar-refractivity contribution is -0.123. The van der Waals surface area contributed by atoms with Crippen molar-refractivity contribution in [3.05, 3.63) is 368 Å². The molecule has 10 N–H and O–H groups in total. The number of esters is 1. The second-order valence-corrected chi connectivity index (χ2v) is 35.1. The average molecular weight is 2010 g/mol. The molecule has 21 rings (SSSR count). The fourth-order valence-electron chi connectivity index (χ4n) is 17.0. The SMILES string of the molecule is C.C1CCOC1.CO.COC(=O)c1cnc(C2CCCC2)n1N.Clc1cc(-c2ccccc2)ccn1.Clc1cc(Br)ccn1.Nn1c(C(=O)O)cnc1C1CCCC1.O=C1CC(c2ccccc2)CCN1.O=C1CC(c2ccccc2)CCN1.O=c1c2cnc(C3CCCC3)n2nc2n1CCC(c1ccccc1)C2.OB(O)c1ccccc1.[2H]CF.c1ccc(COc2cc(-c3ccccc3)ccn2)cc1. The van der Waals surface area contributed by atoms with E-state index >= 15 is 0 Å². The molecule has 27 nitrogen and oxygen atoms in total. The molecule has 7 aliphatic rings. The van der Waals surface area contributed by atoms with Gasteiger partial charge in [0.2, 0.25) is 17.7 Å². The summed E-state index contributed by atoms with van der Waals surface area (Å²) in [6.07, 6.45) is 31.4. The first-order valence-electron chi connectivity index (χ1n) is 47.5. The van der Waals surface area contributed by atoms with Crippen LogP contribution < -0.4 is 38.1 Å². The minimum atomic E-state index is -1.34. The molecule has 3 unspecified atom stereocenters. The van der Waals surface area contributed by atoms with Gasteiger partial charge in [-0.1, -0.05) is 297 Å². The molecule has 32 heteroatoms. The second-order valence-electron chi connectivity index (χ2n) is 33.4. The van der Waals surface area contributed by atoms with Crippen molar-refractivity contribution in [3.63, 3.8) is 0 Å². The smallest absolute Gasteiger partial charge is 0.476 e. The first-order valence-corrected chi connectivity index (χ1v) is 48.3. The lowest BCUT2D eigenvalue weighted by atomic mass is 9.81. The van der Waals surface area contributed by atoms with Gasteiger partial charge in [0.15, 0.2) is 16.9 Å². The molecule has 11 heterocycles. The van der Waals surface area contributed by atoms with Crippen LogP contribution in [0.15, 0.2) is 295 Å². The zero-order chi connectivity index (χ0) is 99.6. The maximum absolute atomic E-state index is 12.9. The van der Waals surface area contributed by atoms with Crippen molar-refractivity contribution in [3.8, 4) is 28.1 Å². The van der Waals surface area contributed by atoms with E-state index in [2.05, 4.69) is 122 Å². The number of aliphatic hydroxyl groups is 1. The molecule has 14 aromatic rings. The Morgan fingerprint density at radius 3 is 1.32 bits per heavy atom. The molecule has 7 aromatic heterocycles. The summed E-state index contributed by atoms with van der Waals surface area (Å²) in [5.41, 5.74) is 11.2. The van der Waals surface area contributed by atoms with Gasteiger partial charge in [0.25, 0.3) is 5.56 Å². The number of imidazole rings is 3. The number of methoxy groups -OCH3 is 1. The fourth-order valence-corrected chi connectivity index (χ4v) is 17.8. The Bertz CT molecular complexity index is 5970. The Morgan fingerprint density at radius 2 is 0.914 bits per heavy atom. The fraction of sp³-hybridized carbons (Fsp3) is 0.333. The Labute approximate surface area is 839 Å². The molecule has 0 spiro atoms. The number of hydrogen-bond donors (Lipinski definition) is 8. The van der Waals surface area contributed by atoms with Gasteiger partial charge in [-0.25, -0.2) is 53.4 Å². The highest BCUT2D eigenvalue weighted by atomic mass is 79.9. The average Bonchev–Trinajstić information content (AvgIpc) is 1.65. The van der Waals surface area contributed by atoms with Crippen LogP contribution in [-0.2, 0) is 38.6 Å². The molecule has 0 bridgehead atoms. The summed E-state index contributed by atoms with van der Waals surface area (Å²) < 4.78 is 38.0. The van der Waals surface area contributed by atoms with Crippen LogP contribution in [0.25, 0.3) is 27.8 Å². The summed E-state index contributed by atoms with van der Waals surface area (Å²) in [7, 11) is -0.00361. The molecule has 3 saturated heterocycles. The summed E-state index contributed by atoms with van der Waals surface area (Å²) in [5, 5.41) is 44.5. The first-order chi connectivity index (χ1) is 68.2. The Balaban J connectivity index is 0.000000178. The van der Waals surface area contributed by atoms with E-state index < -0.39 is 26.2 Å². The van der Waals surface area contributed by atoms with E-state index in [0.29, 0.717) is 93.6 Å². The number of alkyl halides is 1. The van der Waals surface area contributed by atoms with Crippen molar-refractivity contribution in [2.45, 2.75) is 185 Å². The second kappa shape index (κ2) is 60.7. The molecule has 3 aliphatic carbocycles. The number of aliphatic hydroxyl groups excluding tert-OH is 1. The van der Waals surface area contributed by atoms with Crippen molar-refractivity contribution in [2.75, 3.05) is 59.4 Å². The summed E-state index contributed by atoms with van der Waals surface area (Å²) in [6.45, 7) is 4.91. The van der Waals surface area contributed by atoms with Gasteiger partial charge in [0, 0.05) is 106 Å². The van der Waals surface area contributed by atoms with Gasteiger partial charge >= 0.3 is 19.1 Å². The van der Waals surface area contributed by atoms with Crippen LogP contribution in [0.5, 0.6) is 5.88 Å². The first kappa shape index (κ1) is 109. The standard InChI is InChI=1S/C20H22N4O.C18H15NO.C11H8ClN.2C11H13NO.C10H15N3O2.C9H13N3O2.C6H7BO2.C5H3BrClN.C4H8O.CH3F.CH4O.CH4/c25-20-17-13-21-19(15-8-4-5-9-15)24(17)22-18-12-16(10-11-23(18)20)14-6-2-1-3-7-14;1-3-7-15(8-4-1)14-20-18-13-17(11-12-19-18)16-9-5-2-6-10-16;12-11-8-10(6-7-13-11)9-4-2-1-3-5-9;2*13-11-8-10(6-7-12-11)9-4-2-1-3-5-9;1-15-10(14)8-6-12-9(13(8)11)7-4-2-3-5-7;10-12-7(9(13)14)5-11-8(12)6-3-1-2-4-6;8-7(9)6-4-2-1-3-5-6;6-4-1-2-8-5(7)3-4;1-2-4-5-3-1;2*1-2;/h1-3,6-7,13,15-16H,4-5,8-12H2;1-13H,14H2;1-8H;2*1-5,10H,6-8H2,(H,12,13);6-7H,2-5,11H2,1H3;5-6H,1-4,10H2,(H,13,14);1-5,8-9H;1-3H;1-4H2;1H3;2H,1H3;1H4/i;;;;;;;;;;1D;;. The zero-order valence-corrected chi connectivity index (χ0v) is 81.5. The van der Waals surface area contributed by atoms with Crippen LogP contribution in [0, 0.1) is 0 Å². The minimum Gasteiger partial charge on any atom is -0.476 e. The molecular formula is C108H128BBrCl2FN15O12. The highest BCUT2D eigenvalue weighted by Crippen LogP contribution is 2.37. The number of carbonyl (C=O) groups excluding carboxylic acids is 3. The van der Waals surface area contributed by atoms with E-state index in [1.54, 1.807) is 55.1 Å². The van der Waals surface area contributed by atoms with Gasteiger partial charge in [0.1, 0.15) is 40.2 Å². The van der Waals surface area contributed by atoms with Crippen LogP contribution in [-0.4, -0.2) is 152 Å². The number of piperidine rings is 2. The lowest BCUT2D eigenvalue weighted by Crippen LogP contribution is -2.33. The highest BCUT2D eigenvalue weighted by molar-refractivity contribution is 9.10. The Kier molecular flexibility index (Phi) is 47.2. The van der Waals surface area contributed by atoms with Crippen molar-refractivity contribution < 1.29 is 59.4 Å². The molecule has 7 aromatic carbocycles. The van der Waals surface area contributed by atoms with Crippen LogP contribution in [0.4, 0.5) is 4.39 Å². The van der Waals surface area contributed by atoms with Gasteiger partial charge in [-0.2, -0.15) is 5.10 Å². The number of fused-ring (bicyclic) bond motifs is 2. The number of ether oxygens (including phenoxy) is 3. The third-order valence-electron chi connectivity index (χ3n) is 24.1.